The minimum atomic E-state index is -0.836. The lowest BCUT2D eigenvalue weighted by molar-refractivity contribution is -0.161. The monoisotopic (exact) mass is 762 g/mol. The van der Waals surface area contributed by atoms with E-state index in [-0.39, 0.29) is 25.2 Å². The molecule has 9 nitrogen and oxygen atoms in total. The first-order chi connectivity index (χ1) is 26.5. The number of amides is 1. The Hall–Kier alpha value is -2.58. The van der Waals surface area contributed by atoms with Crippen LogP contribution in [0.1, 0.15) is 225 Å². The number of hydrogen-bond donors (Lipinski definition) is 2. The number of esters is 2. The van der Waals surface area contributed by atoms with Crippen LogP contribution in [0.25, 0.3) is 0 Å². The second-order valence-corrected chi connectivity index (χ2v) is 15.5. The molecule has 0 aliphatic rings. The Morgan fingerprint density at radius 1 is 0.556 bits per heavy atom. The molecule has 0 saturated carbocycles. The van der Waals surface area contributed by atoms with Crippen LogP contribution >= 0.6 is 0 Å². The second-order valence-electron chi connectivity index (χ2n) is 15.5. The van der Waals surface area contributed by atoms with Gasteiger partial charge in [0.1, 0.15) is 13.2 Å². The third kappa shape index (κ3) is 33.9. The first-order valence-corrected chi connectivity index (χ1v) is 22.8. The molecule has 0 aliphatic heterocycles. The van der Waals surface area contributed by atoms with Gasteiger partial charge >= 0.3 is 18.0 Å². The van der Waals surface area contributed by atoms with Crippen LogP contribution in [0.2, 0.25) is 0 Å². The van der Waals surface area contributed by atoms with Gasteiger partial charge in [0.25, 0.3) is 0 Å². The molecule has 0 spiro atoms. The van der Waals surface area contributed by atoms with Gasteiger partial charge in [-0.05, 0) is 12.8 Å². The highest BCUT2D eigenvalue weighted by Gasteiger charge is 2.19. The Balaban J connectivity index is 2.20. The van der Waals surface area contributed by atoms with Crippen molar-refractivity contribution >= 4 is 18.0 Å². The normalized spacial score (nSPS) is 11.7. The molecule has 1 amide bonds. The maximum absolute atomic E-state index is 12.7. The Bertz CT molecular complexity index is 973. The number of carbonyl (C=O) groups excluding carboxylic acids is 3. The predicted octanol–water partition coefficient (Wildman–Crippen LogP) is 12.7. The first-order valence-electron chi connectivity index (χ1n) is 22.8. The van der Waals surface area contributed by atoms with Gasteiger partial charge in [-0.15, -0.1) is 0 Å². The molecule has 2 N–H and O–H groups in total. The van der Waals surface area contributed by atoms with E-state index in [0.717, 1.165) is 44.2 Å². The molecule has 0 radical (unpaired) electrons. The summed E-state index contributed by atoms with van der Waals surface area (Å²) in [4.78, 5) is 44.4. The lowest BCUT2D eigenvalue weighted by Gasteiger charge is -2.18. The maximum atomic E-state index is 12.7. The van der Waals surface area contributed by atoms with E-state index in [0.29, 0.717) is 25.8 Å². The van der Waals surface area contributed by atoms with Crippen LogP contribution in [0.3, 0.4) is 0 Å². The lowest BCUT2D eigenvalue weighted by Crippen LogP contribution is -2.34. The van der Waals surface area contributed by atoms with Gasteiger partial charge in [-0.1, -0.05) is 194 Å². The molecular weight excluding hydrogens is 679 g/mol. The second kappa shape index (κ2) is 38.7. The van der Waals surface area contributed by atoms with Crippen LogP contribution < -0.4 is 5.32 Å². The number of hydrogen-bond acceptors (Lipinski definition) is 7. The average Bonchev–Trinajstić information content (AvgIpc) is 3.69. The number of unbranched alkanes of at least 4 members (excludes halogenated alkanes) is 28. The van der Waals surface area contributed by atoms with Gasteiger partial charge in [0, 0.05) is 37.7 Å². The zero-order valence-electron chi connectivity index (χ0n) is 35.1. The summed E-state index contributed by atoms with van der Waals surface area (Å²) in [6.45, 7) is 4.61. The SMILES string of the molecule is CCCCCCCCCCCCCCCCCC(=O)OCC(COC(=O)NCCc1cnc[nH]1)OC(=O)CCCCCCCCCCCCCCCCC. The predicted molar refractivity (Wildman–Crippen MR) is 222 cm³/mol. The molecule has 1 atom stereocenters. The van der Waals surface area contributed by atoms with Crippen LogP contribution in [-0.2, 0) is 30.2 Å². The molecule has 1 unspecified atom stereocenters. The van der Waals surface area contributed by atoms with Gasteiger partial charge < -0.3 is 24.5 Å². The third-order valence-electron chi connectivity index (χ3n) is 10.3. The van der Waals surface area contributed by atoms with Crippen LogP contribution in [0.15, 0.2) is 12.5 Å². The zero-order chi connectivity index (χ0) is 39.0. The topological polar surface area (TPSA) is 120 Å². The molecule has 314 valence electrons. The zero-order valence-corrected chi connectivity index (χ0v) is 35.1. The highest BCUT2D eigenvalue weighted by Crippen LogP contribution is 2.16. The number of carbonyl (C=O) groups is 3. The van der Waals surface area contributed by atoms with E-state index >= 15 is 0 Å². The summed E-state index contributed by atoms with van der Waals surface area (Å²) in [6, 6.07) is 0. The average molecular weight is 762 g/mol. The van der Waals surface area contributed by atoms with E-state index < -0.39 is 12.2 Å². The van der Waals surface area contributed by atoms with Crippen molar-refractivity contribution < 1.29 is 28.6 Å². The van der Waals surface area contributed by atoms with Crippen molar-refractivity contribution in [2.75, 3.05) is 19.8 Å². The Labute approximate surface area is 331 Å². The first kappa shape index (κ1) is 49.4. The number of rotatable bonds is 40. The minimum absolute atomic E-state index is 0.121. The molecule has 1 aromatic rings. The largest absolute Gasteiger partial charge is 0.462 e. The number of nitrogens with zero attached hydrogens (tertiary/aromatic N) is 1. The van der Waals surface area contributed by atoms with Crippen molar-refractivity contribution in [3.05, 3.63) is 18.2 Å². The third-order valence-corrected chi connectivity index (χ3v) is 10.3. The van der Waals surface area contributed by atoms with Crippen molar-refractivity contribution in [1.29, 1.82) is 0 Å². The molecule has 0 aromatic carbocycles. The minimum Gasteiger partial charge on any atom is -0.462 e. The molecule has 0 saturated heterocycles. The number of nitrogens with one attached hydrogen (secondary N) is 2. The molecule has 0 fully saturated rings. The van der Waals surface area contributed by atoms with Crippen LogP contribution in [0.4, 0.5) is 4.79 Å². The fraction of sp³-hybridized carbons (Fsp3) is 0.867. The van der Waals surface area contributed by atoms with Gasteiger partial charge in [0.05, 0.1) is 6.33 Å². The van der Waals surface area contributed by atoms with E-state index in [1.807, 2.05) is 0 Å². The highest BCUT2D eigenvalue weighted by molar-refractivity contribution is 5.70. The van der Waals surface area contributed by atoms with E-state index in [2.05, 4.69) is 29.1 Å². The molecule has 1 heterocycles. The van der Waals surface area contributed by atoms with E-state index in [9.17, 15) is 14.4 Å². The molecule has 0 aliphatic carbocycles. The summed E-state index contributed by atoms with van der Waals surface area (Å²) in [5.41, 5.74) is 0.905. The van der Waals surface area contributed by atoms with Crippen molar-refractivity contribution in [2.45, 2.75) is 232 Å². The standard InChI is InChI=1S/C45H83N3O6/c1-3-5-7-9-11-13-15-17-19-21-23-25-27-29-31-33-43(49)52-38-42(39-53-45(51)47-36-35-41-37-46-40-48-41)54-44(50)34-32-30-28-26-24-22-20-18-16-14-12-10-8-6-4-2/h37,40,42H,3-36,38-39H2,1-2H3,(H,46,48)(H,47,51). The molecule has 1 aromatic heterocycles. The van der Waals surface area contributed by atoms with Crippen LogP contribution in [0, 0.1) is 0 Å². The molecule has 0 bridgehead atoms. The van der Waals surface area contributed by atoms with Gasteiger partial charge in [0.2, 0.25) is 0 Å². The number of aromatic amines is 1. The summed E-state index contributed by atoms with van der Waals surface area (Å²) in [5.74, 6) is -0.659. The number of ether oxygens (including phenoxy) is 3. The fourth-order valence-corrected chi connectivity index (χ4v) is 6.84. The Kier molecular flexibility index (Phi) is 35.4. The van der Waals surface area contributed by atoms with E-state index in [1.54, 1.807) is 12.5 Å². The molecule has 54 heavy (non-hydrogen) atoms. The summed E-state index contributed by atoms with van der Waals surface area (Å²) < 4.78 is 16.4. The van der Waals surface area contributed by atoms with E-state index in [4.69, 9.17) is 14.2 Å². The van der Waals surface area contributed by atoms with Gasteiger partial charge in [-0.25, -0.2) is 9.78 Å². The van der Waals surface area contributed by atoms with Gasteiger partial charge in [-0.3, -0.25) is 9.59 Å². The quantitative estimate of drug-likeness (QED) is 0.0388. The Morgan fingerprint density at radius 3 is 1.35 bits per heavy atom. The van der Waals surface area contributed by atoms with Gasteiger partial charge in [0.15, 0.2) is 6.10 Å². The Morgan fingerprint density at radius 2 is 0.944 bits per heavy atom. The highest BCUT2D eigenvalue weighted by atomic mass is 16.6. The van der Waals surface area contributed by atoms with Crippen molar-refractivity contribution in [1.82, 2.24) is 15.3 Å². The van der Waals surface area contributed by atoms with E-state index in [1.165, 1.54) is 154 Å². The number of imidazole rings is 1. The van der Waals surface area contributed by atoms with Crippen molar-refractivity contribution in [2.24, 2.45) is 0 Å². The smallest absolute Gasteiger partial charge is 0.407 e. The summed E-state index contributed by atoms with van der Waals surface area (Å²) in [5, 5.41) is 2.69. The molecule has 1 rings (SSSR count). The van der Waals surface area contributed by atoms with Crippen molar-refractivity contribution in [3.63, 3.8) is 0 Å². The lowest BCUT2D eigenvalue weighted by atomic mass is 10.0. The van der Waals surface area contributed by atoms with Gasteiger partial charge in [-0.2, -0.15) is 0 Å². The summed E-state index contributed by atoms with van der Waals surface area (Å²) in [7, 11) is 0. The van der Waals surface area contributed by atoms with Crippen LogP contribution in [-0.4, -0.2) is 53.9 Å². The summed E-state index contributed by atoms with van der Waals surface area (Å²) >= 11 is 0. The molecular formula is C45H83N3O6. The molecule has 9 heteroatoms. The number of H-pyrrole nitrogens is 1. The maximum Gasteiger partial charge on any atom is 0.407 e. The fourth-order valence-electron chi connectivity index (χ4n) is 6.84. The number of alkyl carbamates (subject to hydrolysis) is 1. The van der Waals surface area contributed by atoms with Crippen LogP contribution in [0.5, 0.6) is 0 Å². The summed E-state index contributed by atoms with van der Waals surface area (Å²) in [6.07, 6.45) is 41.1. The number of aromatic nitrogens is 2. The van der Waals surface area contributed by atoms with Crippen molar-refractivity contribution in [3.8, 4) is 0 Å².